The zero-order chi connectivity index (χ0) is 22.8. The normalized spacial score (nSPS) is 13.0. The first-order valence-corrected chi connectivity index (χ1v) is 11.2. The van der Waals surface area contributed by atoms with E-state index in [0.29, 0.717) is 6.54 Å². The Morgan fingerprint density at radius 3 is 2.52 bits per heavy atom. The minimum absolute atomic E-state index is 0.00443. The topological polar surface area (TPSA) is 89.0 Å². The smallest absolute Gasteiger partial charge is 0.407 e. The van der Waals surface area contributed by atoms with Crippen LogP contribution in [0, 0.1) is 0 Å². The molecule has 0 spiro atoms. The first-order chi connectivity index (χ1) is 16.1. The van der Waals surface area contributed by atoms with Crippen molar-refractivity contribution in [3.63, 3.8) is 0 Å². The number of ether oxygens (including phenoxy) is 1. The number of aryl methyl sites for hydroxylation is 2. The second kappa shape index (κ2) is 8.94. The highest BCUT2D eigenvalue weighted by molar-refractivity contribution is 5.94. The fourth-order valence-corrected chi connectivity index (χ4v) is 4.50. The quantitative estimate of drug-likeness (QED) is 0.484. The number of aromatic nitrogens is 3. The molecule has 7 nitrogen and oxygen atoms in total. The van der Waals surface area contributed by atoms with Gasteiger partial charge in [0.1, 0.15) is 17.9 Å². The van der Waals surface area contributed by atoms with Crippen molar-refractivity contribution in [2.45, 2.75) is 38.8 Å². The Labute approximate surface area is 191 Å². The highest BCUT2D eigenvalue weighted by Gasteiger charge is 2.22. The molecule has 1 amide bonds. The molecule has 2 aromatic carbocycles. The molecule has 2 aromatic heterocycles. The molecule has 1 aliphatic carbocycles. The van der Waals surface area contributed by atoms with Gasteiger partial charge in [0, 0.05) is 30.1 Å². The van der Waals surface area contributed by atoms with Crippen LogP contribution in [0.2, 0.25) is 0 Å². The molecule has 168 valence electrons. The average Bonchev–Trinajstić information content (AvgIpc) is 3.19. The number of hydrogen-bond acceptors (Lipinski definition) is 4. The average molecular weight is 443 g/mol. The fourth-order valence-electron chi connectivity index (χ4n) is 4.50. The predicted molar refractivity (Wildman–Crippen MR) is 127 cm³/mol. The minimum Gasteiger partial charge on any atom is -0.445 e. The molecule has 0 saturated carbocycles. The largest absolute Gasteiger partial charge is 0.445 e. The SMILES string of the molecule is Cn1nc(-c2ccc(COC(=O)NCc3ccccc3)cc2)c2c3c(c(=O)[nH]c21)CCCC3. The van der Waals surface area contributed by atoms with Crippen molar-refractivity contribution in [1.29, 1.82) is 0 Å². The van der Waals surface area contributed by atoms with Crippen LogP contribution in [0.5, 0.6) is 0 Å². The number of aromatic amines is 1. The molecule has 2 N–H and O–H groups in total. The van der Waals surface area contributed by atoms with Gasteiger partial charge in [0.2, 0.25) is 0 Å². The zero-order valence-electron chi connectivity index (χ0n) is 18.6. The van der Waals surface area contributed by atoms with E-state index in [1.165, 1.54) is 0 Å². The van der Waals surface area contributed by atoms with Crippen LogP contribution in [0.25, 0.3) is 22.3 Å². The summed E-state index contributed by atoms with van der Waals surface area (Å²) in [5, 5.41) is 8.52. The number of benzene rings is 2. The monoisotopic (exact) mass is 442 g/mol. The molecule has 1 aliphatic rings. The molecule has 4 aromatic rings. The number of alkyl carbamates (subject to hydrolysis) is 1. The molecule has 0 fully saturated rings. The number of fused-ring (bicyclic) bond motifs is 3. The van der Waals surface area contributed by atoms with Crippen LogP contribution in [0.15, 0.2) is 59.4 Å². The Morgan fingerprint density at radius 1 is 1.03 bits per heavy atom. The molecule has 0 aliphatic heterocycles. The van der Waals surface area contributed by atoms with Gasteiger partial charge in [0.25, 0.3) is 5.56 Å². The van der Waals surface area contributed by atoms with Crippen LogP contribution in [0.1, 0.15) is 35.1 Å². The molecular formula is C26H26N4O3. The Bertz CT molecular complexity index is 1350. The van der Waals surface area contributed by atoms with Crippen molar-refractivity contribution in [2.75, 3.05) is 0 Å². The van der Waals surface area contributed by atoms with E-state index < -0.39 is 6.09 Å². The lowest BCUT2D eigenvalue weighted by Gasteiger charge is -2.16. The summed E-state index contributed by atoms with van der Waals surface area (Å²) < 4.78 is 7.09. The van der Waals surface area contributed by atoms with Gasteiger partial charge in [-0.25, -0.2) is 4.79 Å². The second-order valence-electron chi connectivity index (χ2n) is 8.43. The van der Waals surface area contributed by atoms with E-state index in [4.69, 9.17) is 9.84 Å². The van der Waals surface area contributed by atoms with Crippen molar-refractivity contribution in [1.82, 2.24) is 20.1 Å². The molecule has 0 radical (unpaired) electrons. The minimum atomic E-state index is -0.450. The third kappa shape index (κ3) is 4.26. The maximum atomic E-state index is 12.5. The number of amides is 1. The number of nitrogens with zero attached hydrogens (tertiary/aromatic N) is 2. The lowest BCUT2D eigenvalue weighted by atomic mass is 9.89. The van der Waals surface area contributed by atoms with E-state index in [-0.39, 0.29) is 12.2 Å². The van der Waals surface area contributed by atoms with E-state index in [1.807, 2.05) is 61.6 Å². The molecule has 0 atom stereocenters. The Morgan fingerprint density at radius 2 is 1.76 bits per heavy atom. The number of carbonyl (C=O) groups is 1. The predicted octanol–water partition coefficient (Wildman–Crippen LogP) is 4.23. The second-order valence-corrected chi connectivity index (χ2v) is 8.43. The van der Waals surface area contributed by atoms with Crippen LogP contribution in [0.3, 0.4) is 0 Å². The standard InChI is InChI=1S/C26H26N4O3/c1-30-24-22(20-9-5-6-10-21(20)25(31)28-24)23(29-30)19-13-11-18(12-14-19)16-33-26(32)27-15-17-7-3-2-4-8-17/h2-4,7-8,11-14H,5-6,9-10,15-16H2,1H3,(H,27,32)(H,28,31). The molecular weight excluding hydrogens is 416 g/mol. The summed E-state index contributed by atoms with van der Waals surface area (Å²) in [4.78, 5) is 27.6. The molecule has 33 heavy (non-hydrogen) atoms. The van der Waals surface area contributed by atoms with Gasteiger partial charge in [0.15, 0.2) is 0 Å². The number of pyridine rings is 1. The van der Waals surface area contributed by atoms with Crippen molar-refractivity contribution in [3.05, 3.63) is 87.2 Å². The molecule has 0 saturated heterocycles. The summed E-state index contributed by atoms with van der Waals surface area (Å²) in [5.41, 5.74) is 6.55. The molecule has 0 bridgehead atoms. The third-order valence-electron chi connectivity index (χ3n) is 6.20. The van der Waals surface area contributed by atoms with E-state index >= 15 is 0 Å². The summed E-state index contributed by atoms with van der Waals surface area (Å²) in [6.07, 6.45) is 3.40. The lowest BCUT2D eigenvalue weighted by molar-refractivity contribution is 0.139. The summed E-state index contributed by atoms with van der Waals surface area (Å²) in [5.74, 6) is 0. The van der Waals surface area contributed by atoms with Crippen LogP contribution in [-0.2, 0) is 37.8 Å². The zero-order valence-corrected chi connectivity index (χ0v) is 18.6. The van der Waals surface area contributed by atoms with E-state index in [0.717, 1.165) is 70.2 Å². The van der Waals surface area contributed by atoms with Crippen LogP contribution in [0.4, 0.5) is 4.79 Å². The summed E-state index contributed by atoms with van der Waals surface area (Å²) in [7, 11) is 1.85. The van der Waals surface area contributed by atoms with Gasteiger partial charge in [-0.2, -0.15) is 5.10 Å². The highest BCUT2D eigenvalue weighted by Crippen LogP contribution is 2.33. The number of hydrogen-bond donors (Lipinski definition) is 2. The van der Waals surface area contributed by atoms with Crippen molar-refractivity contribution in [3.8, 4) is 11.3 Å². The Hall–Kier alpha value is -3.87. The summed E-state index contributed by atoms with van der Waals surface area (Å²) in [6, 6.07) is 17.6. The van der Waals surface area contributed by atoms with Gasteiger partial charge in [0.05, 0.1) is 0 Å². The molecule has 2 heterocycles. The van der Waals surface area contributed by atoms with Crippen molar-refractivity contribution in [2.24, 2.45) is 7.05 Å². The number of rotatable bonds is 5. The first-order valence-electron chi connectivity index (χ1n) is 11.2. The van der Waals surface area contributed by atoms with Crippen LogP contribution >= 0.6 is 0 Å². The van der Waals surface area contributed by atoms with Gasteiger partial charge in [-0.05, 0) is 42.4 Å². The van der Waals surface area contributed by atoms with Gasteiger partial charge < -0.3 is 15.0 Å². The molecule has 0 unspecified atom stereocenters. The van der Waals surface area contributed by atoms with Gasteiger partial charge >= 0.3 is 6.09 Å². The fraction of sp³-hybridized carbons (Fsp3) is 0.269. The van der Waals surface area contributed by atoms with E-state index in [1.54, 1.807) is 4.68 Å². The van der Waals surface area contributed by atoms with E-state index in [9.17, 15) is 9.59 Å². The highest BCUT2D eigenvalue weighted by atomic mass is 16.5. The maximum Gasteiger partial charge on any atom is 0.407 e. The van der Waals surface area contributed by atoms with Crippen LogP contribution in [-0.4, -0.2) is 20.9 Å². The van der Waals surface area contributed by atoms with E-state index in [2.05, 4.69) is 10.3 Å². The Kier molecular flexibility index (Phi) is 5.69. The van der Waals surface area contributed by atoms with Crippen molar-refractivity contribution >= 4 is 17.1 Å². The first kappa shape index (κ1) is 21.0. The molecule has 7 heteroatoms. The lowest BCUT2D eigenvalue weighted by Crippen LogP contribution is -2.23. The van der Waals surface area contributed by atoms with Crippen molar-refractivity contribution < 1.29 is 9.53 Å². The third-order valence-corrected chi connectivity index (χ3v) is 6.20. The van der Waals surface area contributed by atoms with Crippen LogP contribution < -0.4 is 10.9 Å². The van der Waals surface area contributed by atoms with Gasteiger partial charge in [-0.1, -0.05) is 54.6 Å². The summed E-state index contributed by atoms with van der Waals surface area (Å²) >= 11 is 0. The number of nitrogens with one attached hydrogen (secondary N) is 2. The molecule has 5 rings (SSSR count). The summed E-state index contributed by atoms with van der Waals surface area (Å²) in [6.45, 7) is 0.615. The Balaban J connectivity index is 1.32. The number of carbonyl (C=O) groups excluding carboxylic acids is 1. The number of H-pyrrole nitrogens is 1. The van der Waals surface area contributed by atoms with Gasteiger partial charge in [-0.15, -0.1) is 0 Å². The maximum absolute atomic E-state index is 12.5. The van der Waals surface area contributed by atoms with Gasteiger partial charge in [-0.3, -0.25) is 9.48 Å².